The fourth-order valence-corrected chi connectivity index (χ4v) is 4.80. The Hall–Kier alpha value is -2.74. The molecule has 4 atom stereocenters. The van der Waals surface area contributed by atoms with Crippen molar-refractivity contribution in [1.29, 1.82) is 5.26 Å². The van der Waals surface area contributed by atoms with Gasteiger partial charge in [-0.2, -0.15) is 5.26 Å². The van der Waals surface area contributed by atoms with Crippen molar-refractivity contribution in [2.45, 2.75) is 38.5 Å². The van der Waals surface area contributed by atoms with Gasteiger partial charge in [-0.3, -0.25) is 4.79 Å². The number of fused-ring (bicyclic) bond motifs is 3. The zero-order chi connectivity index (χ0) is 18.3. The summed E-state index contributed by atoms with van der Waals surface area (Å²) in [6, 6.07) is 12.1. The molecule has 1 fully saturated rings. The summed E-state index contributed by atoms with van der Waals surface area (Å²) in [7, 11) is 0. The van der Waals surface area contributed by atoms with Crippen LogP contribution >= 0.6 is 0 Å². The standard InChI is InChI=1S/C21H22N4O/c1-13-17-9-8-14-12-23-20(24-16-6-4-3-5-7-16)25-19(14)21(17,2)10-15(11-22)18(13)26/h3-7,12-13,15,17H,8-10H2,1-2H3,(H,23,24,25)/t13-,15+,17-,21-/m0/s1. The molecule has 0 amide bonds. The maximum atomic E-state index is 12.5. The number of hydrogen-bond acceptors (Lipinski definition) is 5. The first kappa shape index (κ1) is 16.7. The van der Waals surface area contributed by atoms with Crippen LogP contribution in [0.4, 0.5) is 11.6 Å². The molecule has 2 aliphatic carbocycles. The minimum atomic E-state index is -0.544. The molecule has 1 saturated carbocycles. The molecule has 2 aliphatic rings. The lowest BCUT2D eigenvalue weighted by atomic mass is 9.54. The highest BCUT2D eigenvalue weighted by molar-refractivity contribution is 5.87. The second kappa shape index (κ2) is 6.21. The minimum Gasteiger partial charge on any atom is -0.324 e. The molecule has 0 saturated heterocycles. The molecule has 1 N–H and O–H groups in total. The molecule has 26 heavy (non-hydrogen) atoms. The summed E-state index contributed by atoms with van der Waals surface area (Å²) in [6.45, 7) is 4.15. The van der Waals surface area contributed by atoms with Gasteiger partial charge in [-0.25, -0.2) is 9.97 Å². The Labute approximate surface area is 153 Å². The van der Waals surface area contributed by atoms with Crippen LogP contribution in [-0.2, 0) is 16.6 Å². The fraction of sp³-hybridized carbons (Fsp3) is 0.429. The van der Waals surface area contributed by atoms with Gasteiger partial charge in [-0.1, -0.05) is 32.0 Å². The summed E-state index contributed by atoms with van der Waals surface area (Å²) in [6.07, 6.45) is 4.28. The second-order valence-electron chi connectivity index (χ2n) is 7.70. The zero-order valence-electron chi connectivity index (χ0n) is 15.1. The number of anilines is 2. The number of nitrogens with zero attached hydrogens (tertiary/aromatic N) is 3. The quantitative estimate of drug-likeness (QED) is 0.895. The third-order valence-corrected chi connectivity index (χ3v) is 6.16. The number of carbonyl (C=O) groups is 1. The fourth-order valence-electron chi connectivity index (χ4n) is 4.80. The Balaban J connectivity index is 1.74. The molecule has 5 nitrogen and oxygen atoms in total. The summed E-state index contributed by atoms with van der Waals surface area (Å²) >= 11 is 0. The Morgan fingerprint density at radius 3 is 2.81 bits per heavy atom. The molecule has 0 radical (unpaired) electrons. The first-order valence-electron chi connectivity index (χ1n) is 9.15. The van der Waals surface area contributed by atoms with Gasteiger partial charge in [0.1, 0.15) is 5.92 Å². The van der Waals surface area contributed by atoms with E-state index in [0.29, 0.717) is 12.4 Å². The number of nitriles is 1. The predicted octanol–water partition coefficient (Wildman–Crippen LogP) is 3.79. The molecule has 4 rings (SSSR count). The van der Waals surface area contributed by atoms with Crippen LogP contribution in [0.5, 0.6) is 0 Å². The van der Waals surface area contributed by atoms with Gasteiger partial charge < -0.3 is 5.32 Å². The smallest absolute Gasteiger partial charge is 0.227 e. The van der Waals surface area contributed by atoms with E-state index in [-0.39, 0.29) is 23.0 Å². The van der Waals surface area contributed by atoms with Crippen LogP contribution in [0.15, 0.2) is 36.5 Å². The molecular weight excluding hydrogens is 324 g/mol. The highest BCUT2D eigenvalue weighted by atomic mass is 16.1. The molecule has 1 aromatic heterocycles. The van der Waals surface area contributed by atoms with Crippen molar-refractivity contribution in [3.05, 3.63) is 47.8 Å². The highest BCUT2D eigenvalue weighted by Crippen LogP contribution is 2.51. The maximum Gasteiger partial charge on any atom is 0.227 e. The van der Waals surface area contributed by atoms with Gasteiger partial charge in [0.15, 0.2) is 5.78 Å². The number of aromatic nitrogens is 2. The van der Waals surface area contributed by atoms with E-state index in [0.717, 1.165) is 29.8 Å². The average molecular weight is 346 g/mol. The number of aryl methyl sites for hydroxylation is 1. The minimum absolute atomic E-state index is 0.0927. The van der Waals surface area contributed by atoms with E-state index < -0.39 is 5.92 Å². The Morgan fingerprint density at radius 2 is 2.08 bits per heavy atom. The van der Waals surface area contributed by atoms with E-state index in [1.54, 1.807) is 0 Å². The van der Waals surface area contributed by atoms with Gasteiger partial charge in [0, 0.05) is 23.2 Å². The maximum absolute atomic E-state index is 12.5. The number of ketones is 1. The molecular formula is C21H22N4O. The van der Waals surface area contributed by atoms with Crippen molar-refractivity contribution >= 4 is 17.4 Å². The molecule has 5 heteroatoms. The summed E-state index contributed by atoms with van der Waals surface area (Å²) in [5, 5.41) is 12.7. The third kappa shape index (κ3) is 2.57. The summed E-state index contributed by atoms with van der Waals surface area (Å²) in [5.41, 5.74) is 2.81. The molecule has 0 spiro atoms. The van der Waals surface area contributed by atoms with E-state index in [9.17, 15) is 10.1 Å². The zero-order valence-corrected chi connectivity index (χ0v) is 15.1. The lowest BCUT2D eigenvalue weighted by molar-refractivity contribution is -0.132. The van der Waals surface area contributed by atoms with Gasteiger partial charge in [-0.05, 0) is 42.9 Å². The van der Waals surface area contributed by atoms with Crippen LogP contribution in [0.1, 0.15) is 37.9 Å². The van der Waals surface area contributed by atoms with Crippen molar-refractivity contribution in [2.24, 2.45) is 17.8 Å². The summed E-state index contributed by atoms with van der Waals surface area (Å²) in [4.78, 5) is 21.8. The van der Waals surface area contributed by atoms with Crippen molar-refractivity contribution in [1.82, 2.24) is 9.97 Å². The Morgan fingerprint density at radius 1 is 1.31 bits per heavy atom. The molecule has 2 aromatic rings. The topological polar surface area (TPSA) is 78.7 Å². The van der Waals surface area contributed by atoms with Crippen LogP contribution in [0.2, 0.25) is 0 Å². The number of carbonyl (C=O) groups excluding carboxylic acids is 1. The molecule has 0 unspecified atom stereocenters. The van der Waals surface area contributed by atoms with Gasteiger partial charge in [0.05, 0.1) is 11.8 Å². The van der Waals surface area contributed by atoms with Crippen LogP contribution < -0.4 is 5.32 Å². The highest BCUT2D eigenvalue weighted by Gasteiger charge is 2.52. The lowest BCUT2D eigenvalue weighted by Gasteiger charge is -2.48. The van der Waals surface area contributed by atoms with E-state index in [2.05, 4.69) is 23.3 Å². The Kier molecular flexibility index (Phi) is 3.99. The van der Waals surface area contributed by atoms with Gasteiger partial charge in [0.2, 0.25) is 5.95 Å². The molecule has 0 bridgehead atoms. The number of nitrogens with one attached hydrogen (secondary N) is 1. The van der Waals surface area contributed by atoms with Gasteiger partial charge >= 0.3 is 0 Å². The number of Topliss-reactive ketones (excluding diaryl/α,β-unsaturated/α-hetero) is 1. The first-order valence-corrected chi connectivity index (χ1v) is 9.15. The number of rotatable bonds is 2. The van der Waals surface area contributed by atoms with Crippen molar-refractivity contribution < 1.29 is 4.79 Å². The van der Waals surface area contributed by atoms with E-state index in [1.807, 2.05) is 43.5 Å². The van der Waals surface area contributed by atoms with Gasteiger partial charge in [0.25, 0.3) is 0 Å². The summed E-state index contributed by atoms with van der Waals surface area (Å²) < 4.78 is 0. The first-order chi connectivity index (χ1) is 12.5. The predicted molar refractivity (Wildman–Crippen MR) is 98.8 cm³/mol. The second-order valence-corrected chi connectivity index (χ2v) is 7.70. The van der Waals surface area contributed by atoms with E-state index in [1.165, 1.54) is 0 Å². The van der Waals surface area contributed by atoms with Gasteiger partial charge in [-0.15, -0.1) is 0 Å². The largest absolute Gasteiger partial charge is 0.324 e. The SMILES string of the molecule is C[C@@H]1C(=O)[C@@H](C#N)C[C@]2(C)c3nc(Nc4ccccc4)ncc3CC[C@@H]12. The van der Waals surface area contributed by atoms with Crippen LogP contribution in [0.3, 0.4) is 0 Å². The number of hydrogen-bond donors (Lipinski definition) is 1. The molecule has 132 valence electrons. The average Bonchev–Trinajstić information content (AvgIpc) is 2.66. The molecule has 1 heterocycles. The van der Waals surface area contributed by atoms with Crippen LogP contribution in [0, 0.1) is 29.1 Å². The summed E-state index contributed by atoms with van der Waals surface area (Å²) in [5.74, 6) is 0.237. The normalized spacial score (nSPS) is 30.0. The van der Waals surface area contributed by atoms with Crippen LogP contribution in [-0.4, -0.2) is 15.8 Å². The number of benzene rings is 1. The van der Waals surface area contributed by atoms with Crippen molar-refractivity contribution in [3.8, 4) is 6.07 Å². The number of para-hydroxylation sites is 1. The van der Waals surface area contributed by atoms with Crippen LogP contribution in [0.25, 0.3) is 0 Å². The van der Waals surface area contributed by atoms with Crippen molar-refractivity contribution in [3.63, 3.8) is 0 Å². The van der Waals surface area contributed by atoms with E-state index >= 15 is 0 Å². The third-order valence-electron chi connectivity index (χ3n) is 6.16. The van der Waals surface area contributed by atoms with Crippen molar-refractivity contribution in [2.75, 3.05) is 5.32 Å². The van der Waals surface area contributed by atoms with E-state index in [4.69, 9.17) is 4.98 Å². The molecule has 0 aliphatic heterocycles. The molecule has 1 aromatic carbocycles. The lowest BCUT2D eigenvalue weighted by Crippen LogP contribution is -2.50. The monoisotopic (exact) mass is 346 g/mol. The Bertz CT molecular complexity index is 889.